The average Bonchev–Trinajstić information content (AvgIpc) is 3.37. The number of nitrogens with zero attached hydrogens (tertiary/aromatic N) is 6. The van der Waals surface area contributed by atoms with Gasteiger partial charge in [-0.2, -0.15) is 4.98 Å². The molecule has 1 atom stereocenters. The lowest BCUT2D eigenvalue weighted by molar-refractivity contribution is 0.175. The van der Waals surface area contributed by atoms with E-state index in [0.29, 0.717) is 34.9 Å². The first kappa shape index (κ1) is 23.9. The molecule has 0 radical (unpaired) electrons. The Morgan fingerprint density at radius 3 is 2.75 bits per heavy atom. The van der Waals surface area contributed by atoms with Crippen LogP contribution in [0.25, 0.3) is 16.9 Å². The fourth-order valence-electron chi connectivity index (χ4n) is 4.63. The number of anilines is 2. The summed E-state index contributed by atoms with van der Waals surface area (Å²) in [6.45, 7) is 5.14. The SMILES string of the molecule is C=CCn1c(=O)c2cnc(Nc3ccc(CCCN(C)C)cc3)nc2n1-c1ccc2c(n1)C(O)CC2. The third-order valence-electron chi connectivity index (χ3n) is 6.48. The summed E-state index contributed by atoms with van der Waals surface area (Å²) in [5.41, 5.74) is 4.05. The zero-order valence-electron chi connectivity index (χ0n) is 20.7. The lowest BCUT2D eigenvalue weighted by Gasteiger charge is -2.12. The fraction of sp³-hybridized carbons (Fsp3) is 0.333. The second kappa shape index (κ2) is 10.0. The van der Waals surface area contributed by atoms with E-state index >= 15 is 0 Å². The van der Waals surface area contributed by atoms with Crippen LogP contribution >= 0.6 is 0 Å². The number of allylic oxidation sites excluding steroid dienone is 1. The van der Waals surface area contributed by atoms with Crippen LogP contribution in [0.15, 0.2) is 60.0 Å². The molecule has 0 saturated carbocycles. The van der Waals surface area contributed by atoms with Gasteiger partial charge in [-0.15, -0.1) is 6.58 Å². The number of aliphatic hydroxyl groups excluding tert-OH is 1. The molecule has 4 aromatic rings. The molecule has 3 aromatic heterocycles. The number of nitrogens with one attached hydrogen (secondary N) is 1. The largest absolute Gasteiger partial charge is 0.387 e. The van der Waals surface area contributed by atoms with Crippen LogP contribution in [-0.2, 0) is 19.4 Å². The van der Waals surface area contributed by atoms with Gasteiger partial charge in [0.15, 0.2) is 11.5 Å². The Kier molecular flexibility index (Phi) is 6.67. The number of aliphatic hydroxyl groups is 1. The molecule has 0 fully saturated rings. The number of fused-ring (bicyclic) bond motifs is 2. The third kappa shape index (κ3) is 4.67. The molecule has 2 N–H and O–H groups in total. The summed E-state index contributed by atoms with van der Waals surface area (Å²) < 4.78 is 3.22. The predicted molar refractivity (Wildman–Crippen MR) is 141 cm³/mol. The van der Waals surface area contributed by atoms with E-state index in [2.05, 4.69) is 48.0 Å². The van der Waals surface area contributed by atoms with Crippen LogP contribution in [0.2, 0.25) is 0 Å². The molecule has 9 heteroatoms. The lowest BCUT2D eigenvalue weighted by Crippen LogP contribution is -2.22. The van der Waals surface area contributed by atoms with Crippen LogP contribution in [0.4, 0.5) is 11.6 Å². The summed E-state index contributed by atoms with van der Waals surface area (Å²) in [5.74, 6) is 0.906. The average molecular weight is 486 g/mol. The number of hydrogen-bond acceptors (Lipinski definition) is 7. The first-order valence-electron chi connectivity index (χ1n) is 12.2. The van der Waals surface area contributed by atoms with Crippen LogP contribution in [0.3, 0.4) is 0 Å². The molecule has 186 valence electrons. The summed E-state index contributed by atoms with van der Waals surface area (Å²) in [7, 11) is 4.16. The van der Waals surface area contributed by atoms with Crippen LogP contribution < -0.4 is 10.9 Å². The zero-order valence-corrected chi connectivity index (χ0v) is 20.7. The Morgan fingerprint density at radius 2 is 2.00 bits per heavy atom. The van der Waals surface area contributed by atoms with E-state index in [-0.39, 0.29) is 12.1 Å². The predicted octanol–water partition coefficient (Wildman–Crippen LogP) is 3.38. The highest BCUT2D eigenvalue weighted by Crippen LogP contribution is 2.30. The van der Waals surface area contributed by atoms with E-state index in [0.717, 1.165) is 37.1 Å². The van der Waals surface area contributed by atoms with Crippen molar-refractivity contribution < 1.29 is 5.11 Å². The van der Waals surface area contributed by atoms with E-state index < -0.39 is 6.10 Å². The molecule has 1 aliphatic rings. The normalized spacial score (nSPS) is 14.9. The van der Waals surface area contributed by atoms with E-state index in [1.54, 1.807) is 17.0 Å². The van der Waals surface area contributed by atoms with Crippen molar-refractivity contribution in [1.29, 1.82) is 0 Å². The van der Waals surface area contributed by atoms with Gasteiger partial charge in [-0.05, 0) is 75.6 Å². The Balaban J connectivity index is 1.48. The van der Waals surface area contributed by atoms with Gasteiger partial charge in [0.2, 0.25) is 5.95 Å². The standard InChI is InChI=1S/C27H31N7O2/c1-4-15-33-26(36)21-17-28-27(29-20-11-7-18(8-12-20)6-5-16-32(2)3)31-25(21)34(33)23-14-10-19-9-13-22(35)24(19)30-23/h4,7-8,10-12,14,17,22,35H,1,5-6,9,13,15-16H2,2-3H3,(H,28,29,31). The maximum Gasteiger partial charge on any atom is 0.278 e. The summed E-state index contributed by atoms with van der Waals surface area (Å²) in [6, 6.07) is 12.1. The molecule has 5 rings (SSSR count). The van der Waals surface area contributed by atoms with Gasteiger partial charge in [0.05, 0.1) is 18.3 Å². The molecule has 36 heavy (non-hydrogen) atoms. The van der Waals surface area contributed by atoms with Crippen molar-refractivity contribution in [2.24, 2.45) is 0 Å². The highest BCUT2D eigenvalue weighted by Gasteiger charge is 2.24. The first-order valence-corrected chi connectivity index (χ1v) is 12.2. The fourth-order valence-corrected chi connectivity index (χ4v) is 4.63. The van der Waals surface area contributed by atoms with Crippen molar-refractivity contribution in [2.75, 3.05) is 26.0 Å². The topological polar surface area (TPSA) is 101 Å². The lowest BCUT2D eigenvalue weighted by atomic mass is 10.1. The molecule has 1 aromatic carbocycles. The molecule has 0 bridgehead atoms. The van der Waals surface area contributed by atoms with E-state index in [1.165, 1.54) is 10.2 Å². The minimum absolute atomic E-state index is 0.221. The minimum Gasteiger partial charge on any atom is -0.387 e. The Bertz CT molecular complexity index is 1450. The quantitative estimate of drug-likeness (QED) is 0.351. The van der Waals surface area contributed by atoms with Gasteiger partial charge < -0.3 is 15.3 Å². The van der Waals surface area contributed by atoms with Gasteiger partial charge in [0.1, 0.15) is 5.39 Å². The van der Waals surface area contributed by atoms with Crippen LogP contribution in [0.5, 0.6) is 0 Å². The molecule has 0 amide bonds. The van der Waals surface area contributed by atoms with Crippen molar-refractivity contribution in [3.63, 3.8) is 0 Å². The molecular weight excluding hydrogens is 454 g/mol. The molecule has 9 nitrogen and oxygen atoms in total. The van der Waals surface area contributed by atoms with Gasteiger partial charge in [-0.1, -0.05) is 24.3 Å². The molecule has 1 unspecified atom stereocenters. The molecule has 0 saturated heterocycles. The number of aryl methyl sites for hydroxylation is 2. The maximum atomic E-state index is 13.2. The summed E-state index contributed by atoms with van der Waals surface area (Å²) in [5, 5.41) is 14.0. The van der Waals surface area contributed by atoms with E-state index in [9.17, 15) is 9.90 Å². The molecule has 1 aliphatic carbocycles. The van der Waals surface area contributed by atoms with Crippen LogP contribution in [0, 0.1) is 0 Å². The van der Waals surface area contributed by atoms with Gasteiger partial charge in [-0.25, -0.2) is 19.3 Å². The van der Waals surface area contributed by atoms with Crippen molar-refractivity contribution in [1.82, 2.24) is 29.2 Å². The second-order valence-corrected chi connectivity index (χ2v) is 9.42. The van der Waals surface area contributed by atoms with E-state index in [1.807, 2.05) is 24.3 Å². The second-order valence-electron chi connectivity index (χ2n) is 9.42. The van der Waals surface area contributed by atoms with Gasteiger partial charge in [0.25, 0.3) is 5.56 Å². The minimum atomic E-state index is -0.598. The Morgan fingerprint density at radius 1 is 1.19 bits per heavy atom. The van der Waals surface area contributed by atoms with Crippen molar-refractivity contribution >= 4 is 22.7 Å². The monoisotopic (exact) mass is 485 g/mol. The Hall–Kier alpha value is -3.82. The summed E-state index contributed by atoms with van der Waals surface area (Å²) in [4.78, 5) is 29.1. The highest BCUT2D eigenvalue weighted by atomic mass is 16.3. The van der Waals surface area contributed by atoms with Crippen molar-refractivity contribution in [3.05, 3.63) is 82.4 Å². The van der Waals surface area contributed by atoms with Crippen LogP contribution in [-0.4, -0.2) is 55.0 Å². The smallest absolute Gasteiger partial charge is 0.278 e. The molecule has 0 spiro atoms. The molecule has 3 heterocycles. The van der Waals surface area contributed by atoms with Crippen LogP contribution in [0.1, 0.15) is 35.8 Å². The van der Waals surface area contributed by atoms with Gasteiger partial charge >= 0.3 is 0 Å². The summed E-state index contributed by atoms with van der Waals surface area (Å²) >= 11 is 0. The first-order chi connectivity index (χ1) is 17.4. The molecular formula is C27H31N7O2. The highest BCUT2D eigenvalue weighted by molar-refractivity contribution is 5.77. The van der Waals surface area contributed by atoms with Gasteiger partial charge in [-0.3, -0.25) is 4.79 Å². The molecule has 0 aliphatic heterocycles. The Labute approximate surface area is 209 Å². The number of pyridine rings is 1. The van der Waals surface area contributed by atoms with Crippen molar-refractivity contribution in [3.8, 4) is 5.82 Å². The third-order valence-corrected chi connectivity index (χ3v) is 6.48. The zero-order chi connectivity index (χ0) is 25.2. The number of rotatable bonds is 9. The maximum absolute atomic E-state index is 13.2. The van der Waals surface area contributed by atoms with Crippen molar-refractivity contribution in [2.45, 2.75) is 38.3 Å². The number of aromatic nitrogens is 5. The van der Waals surface area contributed by atoms with Gasteiger partial charge in [0, 0.05) is 11.9 Å². The van der Waals surface area contributed by atoms with E-state index in [4.69, 9.17) is 9.97 Å². The summed E-state index contributed by atoms with van der Waals surface area (Å²) in [6.07, 6.45) is 6.17. The number of benzene rings is 1. The number of hydrogen-bond donors (Lipinski definition) is 2.